The summed E-state index contributed by atoms with van der Waals surface area (Å²) >= 11 is 6.93. The third-order valence-electron chi connectivity index (χ3n) is 5.76. The summed E-state index contributed by atoms with van der Waals surface area (Å²) in [5.41, 5.74) is -0.423. The number of fused-ring (bicyclic) bond motifs is 1. The summed E-state index contributed by atoms with van der Waals surface area (Å²) in [5, 5.41) is 22.1. The lowest BCUT2D eigenvalue weighted by Gasteiger charge is -2.37. The molecule has 0 bridgehead atoms. The number of nitrogens with zero attached hydrogens (tertiary/aromatic N) is 4. The molecule has 38 heavy (non-hydrogen) atoms. The summed E-state index contributed by atoms with van der Waals surface area (Å²) < 4.78 is 57.2. The van der Waals surface area contributed by atoms with Gasteiger partial charge in [0.1, 0.15) is 0 Å². The van der Waals surface area contributed by atoms with E-state index in [0.717, 1.165) is 57.1 Å². The maximum atomic E-state index is 13.8. The number of non-ortho nitro benzene ring substituents is 2. The van der Waals surface area contributed by atoms with E-state index in [1.54, 1.807) is 12.1 Å². The third-order valence-corrected chi connectivity index (χ3v) is 11.9. The van der Waals surface area contributed by atoms with Crippen molar-refractivity contribution in [2.24, 2.45) is 0 Å². The Labute approximate surface area is 234 Å². The highest BCUT2D eigenvalue weighted by Crippen LogP contribution is 2.40. The first-order valence-electron chi connectivity index (χ1n) is 10.8. The lowest BCUT2D eigenvalue weighted by molar-refractivity contribution is -0.385. The minimum Gasteiger partial charge on any atom is -0.263 e. The van der Waals surface area contributed by atoms with Crippen LogP contribution in [0.4, 0.5) is 22.7 Å². The molecule has 0 amide bonds. The second-order valence-electron chi connectivity index (χ2n) is 8.10. The van der Waals surface area contributed by atoms with Crippen molar-refractivity contribution >= 4 is 74.7 Å². The van der Waals surface area contributed by atoms with Crippen molar-refractivity contribution < 1.29 is 26.7 Å². The Bertz CT molecular complexity index is 1480. The summed E-state index contributed by atoms with van der Waals surface area (Å²) in [6, 6.07) is 14.8. The summed E-state index contributed by atoms with van der Waals surface area (Å²) in [6.07, 6.45) is 0. The van der Waals surface area contributed by atoms with Gasteiger partial charge in [0.05, 0.1) is 31.0 Å². The van der Waals surface area contributed by atoms with E-state index >= 15 is 0 Å². The molecule has 0 saturated carbocycles. The van der Waals surface area contributed by atoms with Gasteiger partial charge in [-0.15, -0.1) is 0 Å². The molecule has 12 nitrogen and oxygen atoms in total. The fraction of sp³-hybridized carbons (Fsp3) is 0.182. The smallest absolute Gasteiger partial charge is 0.263 e. The molecule has 0 aromatic heterocycles. The predicted octanol–water partition coefficient (Wildman–Crippen LogP) is 4.43. The second-order valence-corrected chi connectivity index (χ2v) is 14.2. The number of halogens is 2. The van der Waals surface area contributed by atoms with Gasteiger partial charge in [0, 0.05) is 47.0 Å². The van der Waals surface area contributed by atoms with Gasteiger partial charge in [0.15, 0.2) is 0 Å². The average Bonchev–Trinajstić information content (AvgIpc) is 2.89. The maximum Gasteiger partial charge on any atom is 0.269 e. The molecule has 0 unspecified atom stereocenters. The molecular weight excluding hydrogens is 672 g/mol. The zero-order valence-corrected chi connectivity index (χ0v) is 23.9. The van der Waals surface area contributed by atoms with E-state index < -0.39 is 39.5 Å². The second kappa shape index (κ2) is 10.6. The highest BCUT2D eigenvalue weighted by atomic mass is 79.9. The Morgan fingerprint density at radius 2 is 0.947 bits per heavy atom. The number of benzene rings is 3. The number of alkyl halides is 2. The van der Waals surface area contributed by atoms with Crippen molar-refractivity contribution in [2.45, 2.75) is 19.4 Å². The number of anilines is 2. The maximum absolute atomic E-state index is 13.8. The van der Waals surface area contributed by atoms with Gasteiger partial charge in [-0.25, -0.2) is 16.8 Å². The zero-order chi connectivity index (χ0) is 27.8. The van der Waals surface area contributed by atoms with E-state index in [9.17, 15) is 37.1 Å². The summed E-state index contributed by atoms with van der Waals surface area (Å²) in [5.74, 6) is 0. The molecule has 16 heteroatoms. The Morgan fingerprint density at radius 3 is 1.24 bits per heavy atom. The van der Waals surface area contributed by atoms with Crippen LogP contribution in [0.25, 0.3) is 0 Å². The van der Waals surface area contributed by atoms with Crippen LogP contribution in [0.2, 0.25) is 0 Å². The van der Waals surface area contributed by atoms with E-state index in [4.69, 9.17) is 0 Å². The van der Waals surface area contributed by atoms with Gasteiger partial charge in [-0.2, -0.15) is 0 Å². The minimum atomic E-state index is -4.30. The Hall–Kier alpha value is -3.08. The SMILES string of the molecule is O=[N+]([O-])c1ccc(S(=O)(=O)N2C[C@H](Br)[C@@H](Br)CN(S(=O)(=O)c3ccc([N+](=O)[O-])cc3)c3ccccc32)cc1. The van der Waals surface area contributed by atoms with Crippen LogP contribution in [-0.2, 0) is 20.0 Å². The molecule has 3 aromatic rings. The number of sulfonamides is 2. The first-order valence-corrected chi connectivity index (χ1v) is 15.5. The standard InChI is InChI=1S/C22H18Br2N4O8S2/c23-19-13-25(37(33,34)17-9-5-15(6-10-17)27(29)30)21-3-1-2-4-22(21)26(14-20(19)24)38(35,36)18-11-7-16(8-12-18)28(31)32/h1-12,19-20H,13-14H2/t19-,20-/m0/s1. The largest absolute Gasteiger partial charge is 0.269 e. The molecule has 0 spiro atoms. The van der Waals surface area contributed by atoms with Crippen LogP contribution in [-0.4, -0.2) is 49.4 Å². The lowest BCUT2D eigenvalue weighted by atomic mass is 10.2. The van der Waals surface area contributed by atoms with E-state index in [1.165, 1.54) is 12.1 Å². The predicted molar refractivity (Wildman–Crippen MR) is 147 cm³/mol. The summed E-state index contributed by atoms with van der Waals surface area (Å²) in [4.78, 5) is 19.2. The number of hydrogen-bond donors (Lipinski definition) is 0. The van der Waals surface area contributed by atoms with Crippen molar-refractivity contribution in [1.29, 1.82) is 0 Å². The van der Waals surface area contributed by atoms with Crippen LogP contribution in [0.1, 0.15) is 0 Å². The molecule has 1 aliphatic rings. The average molecular weight is 690 g/mol. The minimum absolute atomic E-state index is 0.0696. The quantitative estimate of drug-likeness (QED) is 0.209. The van der Waals surface area contributed by atoms with Crippen molar-refractivity contribution in [1.82, 2.24) is 0 Å². The van der Waals surface area contributed by atoms with Crippen molar-refractivity contribution in [3.63, 3.8) is 0 Å². The summed E-state index contributed by atoms with van der Waals surface area (Å²) in [7, 11) is -8.60. The van der Waals surface area contributed by atoms with Gasteiger partial charge >= 0.3 is 0 Å². The first kappa shape index (κ1) is 27.9. The molecule has 200 valence electrons. The molecule has 0 radical (unpaired) electrons. The summed E-state index contributed by atoms with van der Waals surface area (Å²) in [6.45, 7) is -0.171. The Balaban J connectivity index is 1.86. The van der Waals surface area contributed by atoms with Gasteiger partial charge in [-0.05, 0) is 36.4 Å². The molecule has 3 aromatic carbocycles. The van der Waals surface area contributed by atoms with Gasteiger partial charge in [0.25, 0.3) is 31.4 Å². The first-order chi connectivity index (χ1) is 17.8. The molecule has 0 saturated heterocycles. The van der Waals surface area contributed by atoms with E-state index in [2.05, 4.69) is 31.9 Å². The van der Waals surface area contributed by atoms with Crippen LogP contribution >= 0.6 is 31.9 Å². The number of para-hydroxylation sites is 2. The lowest BCUT2D eigenvalue weighted by Crippen LogP contribution is -2.47. The van der Waals surface area contributed by atoms with Gasteiger partial charge in [-0.3, -0.25) is 28.8 Å². The van der Waals surface area contributed by atoms with Crippen molar-refractivity contribution in [3.05, 3.63) is 93.0 Å². The molecule has 0 fully saturated rings. The highest BCUT2D eigenvalue weighted by molar-refractivity contribution is 9.12. The molecule has 4 rings (SSSR count). The van der Waals surface area contributed by atoms with Gasteiger partial charge in [-0.1, -0.05) is 44.0 Å². The molecule has 1 heterocycles. The fourth-order valence-electron chi connectivity index (χ4n) is 3.82. The van der Waals surface area contributed by atoms with Crippen LogP contribution in [0.5, 0.6) is 0 Å². The monoisotopic (exact) mass is 688 g/mol. The van der Waals surface area contributed by atoms with Gasteiger partial charge < -0.3 is 0 Å². The van der Waals surface area contributed by atoms with Crippen LogP contribution < -0.4 is 8.61 Å². The van der Waals surface area contributed by atoms with E-state index in [1.807, 2.05) is 0 Å². The van der Waals surface area contributed by atoms with E-state index in [0.29, 0.717) is 0 Å². The zero-order valence-electron chi connectivity index (χ0n) is 19.1. The Morgan fingerprint density at radius 1 is 0.632 bits per heavy atom. The number of hydrogen-bond acceptors (Lipinski definition) is 8. The number of rotatable bonds is 6. The molecule has 2 atom stereocenters. The molecule has 0 N–H and O–H groups in total. The molecule has 0 aliphatic carbocycles. The highest BCUT2D eigenvalue weighted by Gasteiger charge is 2.38. The molecule has 1 aliphatic heterocycles. The van der Waals surface area contributed by atoms with Gasteiger partial charge in [0.2, 0.25) is 0 Å². The van der Waals surface area contributed by atoms with Crippen LogP contribution in [0.3, 0.4) is 0 Å². The topological polar surface area (TPSA) is 161 Å². The Kier molecular flexibility index (Phi) is 7.79. The van der Waals surface area contributed by atoms with E-state index in [-0.39, 0.29) is 45.6 Å². The third kappa shape index (κ3) is 5.25. The number of nitro groups is 2. The number of nitro benzene ring substituents is 2. The van der Waals surface area contributed by atoms with Crippen LogP contribution in [0, 0.1) is 20.2 Å². The van der Waals surface area contributed by atoms with Crippen molar-refractivity contribution in [2.75, 3.05) is 21.7 Å². The molecular formula is C22H18Br2N4O8S2. The van der Waals surface area contributed by atoms with Crippen LogP contribution in [0.15, 0.2) is 82.6 Å². The van der Waals surface area contributed by atoms with Crippen molar-refractivity contribution in [3.8, 4) is 0 Å². The fourth-order valence-corrected chi connectivity index (χ4v) is 8.12. The normalized spacial score (nSPS) is 18.3.